The second-order valence-electron chi connectivity index (χ2n) is 6.47. The van der Waals surface area contributed by atoms with Crippen LogP contribution in [0.15, 0.2) is 4.99 Å². The van der Waals surface area contributed by atoms with Gasteiger partial charge in [0.15, 0.2) is 5.96 Å². The highest BCUT2D eigenvalue weighted by Gasteiger charge is 2.28. The Hall–Kier alpha value is -2.93. The first kappa shape index (κ1) is 26.1. The molecule has 0 aliphatic rings. The first-order chi connectivity index (χ1) is 13.6. The number of unbranched alkanes of at least 4 members (excludes halogenated alkanes) is 1. The van der Waals surface area contributed by atoms with Gasteiger partial charge in [-0.25, -0.2) is 4.79 Å². The van der Waals surface area contributed by atoms with E-state index < -0.39 is 48.2 Å². The van der Waals surface area contributed by atoms with Crippen LogP contribution in [0.25, 0.3) is 0 Å². The Balaban J connectivity index is 4.94. The molecule has 3 amide bonds. The largest absolute Gasteiger partial charge is 0.480 e. The van der Waals surface area contributed by atoms with Crippen LogP contribution in [0.5, 0.6) is 0 Å². The summed E-state index contributed by atoms with van der Waals surface area (Å²) in [6, 6.07) is -3.44. The Kier molecular flexibility index (Phi) is 12.7. The number of carbonyl (C=O) groups is 4. The fourth-order valence-corrected chi connectivity index (χ4v) is 2.36. The van der Waals surface area contributed by atoms with Crippen LogP contribution in [-0.4, -0.2) is 66.0 Å². The van der Waals surface area contributed by atoms with Gasteiger partial charge in [-0.2, -0.15) is 0 Å². The number of carbonyl (C=O) groups excluding carboxylic acids is 3. The molecular weight excluding hydrogens is 384 g/mol. The third kappa shape index (κ3) is 12.2. The molecule has 166 valence electrons. The Morgan fingerprint density at radius 2 is 1.52 bits per heavy atom. The van der Waals surface area contributed by atoms with E-state index in [2.05, 4.69) is 15.6 Å². The molecule has 0 aromatic rings. The average molecular weight is 416 g/mol. The Morgan fingerprint density at radius 3 is 2.03 bits per heavy atom. The van der Waals surface area contributed by atoms with E-state index in [9.17, 15) is 19.2 Å². The normalized spacial score (nSPS) is 13.6. The van der Waals surface area contributed by atoms with Crippen molar-refractivity contribution in [3.63, 3.8) is 0 Å². The number of nitrogens with one attached hydrogen (secondary N) is 2. The maximum Gasteiger partial charge on any atom is 0.326 e. The average Bonchev–Trinajstić information content (AvgIpc) is 2.62. The molecule has 0 aromatic carbocycles. The van der Waals surface area contributed by atoms with Crippen LogP contribution in [-0.2, 0) is 19.2 Å². The number of carboxylic acids is 1. The van der Waals surface area contributed by atoms with Crippen molar-refractivity contribution in [2.24, 2.45) is 33.7 Å². The van der Waals surface area contributed by atoms with Crippen molar-refractivity contribution < 1.29 is 24.3 Å². The lowest BCUT2D eigenvalue weighted by Crippen LogP contribution is -2.55. The lowest BCUT2D eigenvalue weighted by Gasteiger charge is -2.22. The van der Waals surface area contributed by atoms with E-state index in [1.807, 2.05) is 0 Å². The molecule has 0 saturated carbocycles. The maximum atomic E-state index is 12.5. The summed E-state index contributed by atoms with van der Waals surface area (Å²) in [7, 11) is 0. The highest BCUT2D eigenvalue weighted by Crippen LogP contribution is 2.04. The quantitative estimate of drug-likeness (QED) is 0.0744. The van der Waals surface area contributed by atoms with Crippen LogP contribution in [0.3, 0.4) is 0 Å². The molecule has 0 bridgehead atoms. The van der Waals surface area contributed by atoms with E-state index in [1.54, 1.807) is 0 Å². The van der Waals surface area contributed by atoms with Gasteiger partial charge in [0, 0.05) is 6.54 Å². The smallest absolute Gasteiger partial charge is 0.326 e. The number of guanidine groups is 1. The number of hydrogen-bond acceptors (Lipinski definition) is 7. The second kappa shape index (κ2) is 14.1. The third-order valence-corrected chi connectivity index (χ3v) is 3.90. The number of aliphatic imine (C=N–C) groups is 1. The molecule has 0 radical (unpaired) electrons. The second-order valence-corrected chi connectivity index (χ2v) is 6.47. The molecule has 13 nitrogen and oxygen atoms in total. The summed E-state index contributed by atoms with van der Waals surface area (Å²) < 4.78 is 0. The van der Waals surface area contributed by atoms with Crippen molar-refractivity contribution in [3.05, 3.63) is 0 Å². The van der Waals surface area contributed by atoms with Crippen LogP contribution >= 0.6 is 0 Å². The summed E-state index contributed by atoms with van der Waals surface area (Å²) in [6.45, 7) is 0.698. The van der Waals surface area contributed by atoms with Crippen molar-refractivity contribution >= 4 is 29.7 Å². The fourth-order valence-electron chi connectivity index (χ4n) is 2.36. The summed E-state index contributed by atoms with van der Waals surface area (Å²) >= 11 is 0. The van der Waals surface area contributed by atoms with Crippen LogP contribution in [0.2, 0.25) is 0 Å². The highest BCUT2D eigenvalue weighted by molar-refractivity contribution is 5.93. The molecule has 0 spiro atoms. The van der Waals surface area contributed by atoms with Gasteiger partial charge in [-0.15, -0.1) is 0 Å². The van der Waals surface area contributed by atoms with E-state index >= 15 is 0 Å². The number of aliphatic carboxylic acids is 1. The molecule has 13 heteroatoms. The number of amides is 3. The van der Waals surface area contributed by atoms with Gasteiger partial charge in [0.05, 0.1) is 12.5 Å². The molecule has 0 aliphatic carbocycles. The highest BCUT2D eigenvalue weighted by atomic mass is 16.4. The summed E-state index contributed by atoms with van der Waals surface area (Å²) in [4.78, 5) is 50.7. The minimum atomic E-state index is -1.50. The number of primary amides is 1. The van der Waals surface area contributed by atoms with Gasteiger partial charge >= 0.3 is 5.97 Å². The minimum absolute atomic E-state index is 0.0661. The van der Waals surface area contributed by atoms with E-state index in [4.69, 9.17) is 33.8 Å². The predicted octanol–water partition coefficient (Wildman–Crippen LogP) is -3.57. The van der Waals surface area contributed by atoms with Crippen LogP contribution in [0.1, 0.15) is 38.5 Å². The molecule has 0 aromatic heterocycles. The summed E-state index contributed by atoms with van der Waals surface area (Å²) in [6.07, 6.45) is 1.50. The van der Waals surface area contributed by atoms with E-state index in [0.717, 1.165) is 0 Å². The predicted molar refractivity (Wildman–Crippen MR) is 106 cm³/mol. The van der Waals surface area contributed by atoms with Gasteiger partial charge in [-0.05, 0) is 38.6 Å². The summed E-state index contributed by atoms with van der Waals surface area (Å²) in [5, 5.41) is 13.8. The van der Waals surface area contributed by atoms with E-state index in [-0.39, 0.29) is 18.8 Å². The molecule has 0 heterocycles. The van der Waals surface area contributed by atoms with Crippen molar-refractivity contribution in [1.29, 1.82) is 0 Å². The van der Waals surface area contributed by atoms with Crippen LogP contribution in [0.4, 0.5) is 0 Å². The number of carboxylic acid groups (broad SMARTS) is 1. The molecule has 0 aliphatic heterocycles. The number of rotatable bonds is 15. The molecule has 0 rings (SSSR count). The minimum Gasteiger partial charge on any atom is -0.480 e. The molecule has 3 atom stereocenters. The zero-order valence-corrected chi connectivity index (χ0v) is 16.3. The van der Waals surface area contributed by atoms with Gasteiger partial charge in [0.1, 0.15) is 12.1 Å². The maximum absolute atomic E-state index is 12.5. The van der Waals surface area contributed by atoms with Crippen molar-refractivity contribution in [2.75, 3.05) is 13.1 Å². The number of hydrogen-bond donors (Lipinski definition) is 8. The van der Waals surface area contributed by atoms with Crippen molar-refractivity contribution in [1.82, 2.24) is 10.6 Å². The molecule has 0 fully saturated rings. The summed E-state index contributed by atoms with van der Waals surface area (Å²) in [5.41, 5.74) is 26.7. The van der Waals surface area contributed by atoms with E-state index in [0.29, 0.717) is 32.4 Å². The van der Waals surface area contributed by atoms with Gasteiger partial charge in [-0.1, -0.05) is 0 Å². The first-order valence-electron chi connectivity index (χ1n) is 9.21. The SMILES string of the molecule is NCCCCC(NC(=O)C(N)CCCN=C(N)N)C(=O)NC(CC(N)=O)C(=O)O. The Bertz CT molecular complexity index is 594. The molecule has 3 unspecified atom stereocenters. The van der Waals surface area contributed by atoms with Gasteiger partial charge in [-0.3, -0.25) is 19.4 Å². The zero-order chi connectivity index (χ0) is 22.4. The van der Waals surface area contributed by atoms with Gasteiger partial charge in [0.2, 0.25) is 17.7 Å². The van der Waals surface area contributed by atoms with Crippen molar-refractivity contribution in [2.45, 2.75) is 56.7 Å². The molecule has 29 heavy (non-hydrogen) atoms. The summed E-state index contributed by atoms with van der Waals surface area (Å²) in [5.74, 6) is -3.70. The van der Waals surface area contributed by atoms with Gasteiger partial charge in [0.25, 0.3) is 0 Å². The third-order valence-electron chi connectivity index (χ3n) is 3.90. The zero-order valence-electron chi connectivity index (χ0n) is 16.3. The van der Waals surface area contributed by atoms with Crippen molar-refractivity contribution in [3.8, 4) is 0 Å². The van der Waals surface area contributed by atoms with Gasteiger partial charge < -0.3 is 44.4 Å². The Labute approximate surface area is 168 Å². The van der Waals surface area contributed by atoms with E-state index in [1.165, 1.54) is 0 Å². The topological polar surface area (TPSA) is 255 Å². The lowest BCUT2D eigenvalue weighted by molar-refractivity contribution is -0.143. The first-order valence-corrected chi connectivity index (χ1v) is 9.21. The molecule has 13 N–H and O–H groups in total. The molecule has 0 saturated heterocycles. The lowest BCUT2D eigenvalue weighted by atomic mass is 10.1. The number of nitrogens with two attached hydrogens (primary N) is 5. The molecular formula is C16H32N8O5. The monoisotopic (exact) mass is 416 g/mol. The van der Waals surface area contributed by atoms with Crippen LogP contribution in [0, 0.1) is 0 Å². The standard InChI is InChI=1S/C16H32N8O5/c17-6-2-1-5-10(14(27)24-11(15(28)29)8-12(19)25)23-13(26)9(18)4-3-7-22-16(20)21/h9-11H,1-8,17-18H2,(H2,19,25)(H,23,26)(H,24,27)(H,28,29)(H4,20,21,22). The van der Waals surface area contributed by atoms with Crippen LogP contribution < -0.4 is 39.3 Å². The fraction of sp³-hybridized carbons (Fsp3) is 0.688. The number of nitrogens with zero attached hydrogens (tertiary/aromatic N) is 1. The Morgan fingerprint density at radius 1 is 0.897 bits per heavy atom.